The lowest BCUT2D eigenvalue weighted by molar-refractivity contribution is 0.00151. The van der Waals surface area contributed by atoms with Gasteiger partial charge < -0.3 is 15.2 Å². The van der Waals surface area contributed by atoms with Crippen LogP contribution in [0.5, 0.6) is 5.75 Å². The van der Waals surface area contributed by atoms with E-state index in [-0.39, 0.29) is 30.3 Å². The summed E-state index contributed by atoms with van der Waals surface area (Å²) in [6, 6.07) is 4.78. The predicted molar refractivity (Wildman–Crippen MR) is 105 cm³/mol. The van der Waals surface area contributed by atoms with Crippen LogP contribution in [-0.2, 0) is 0 Å². The van der Waals surface area contributed by atoms with Gasteiger partial charge in [-0.05, 0) is 36.6 Å². The predicted octanol–water partition coefficient (Wildman–Crippen LogP) is 3.15. The highest BCUT2D eigenvalue weighted by molar-refractivity contribution is 6.31. The summed E-state index contributed by atoms with van der Waals surface area (Å²) in [6.45, 7) is 7.63. The highest BCUT2D eigenvalue weighted by Gasteiger charge is 2.32. The van der Waals surface area contributed by atoms with Crippen molar-refractivity contribution in [1.82, 2.24) is 10.2 Å². The molecule has 0 unspecified atom stereocenters. The molecule has 1 aromatic rings. The van der Waals surface area contributed by atoms with Crippen LogP contribution in [0.25, 0.3) is 0 Å². The van der Waals surface area contributed by atoms with Crippen LogP contribution in [0.3, 0.4) is 0 Å². The number of carbonyl (C=O) groups excluding carboxylic acids is 1. The zero-order chi connectivity index (χ0) is 20.2. The lowest BCUT2D eigenvalue weighted by atomic mass is 9.87. The van der Waals surface area contributed by atoms with Crippen LogP contribution in [0.1, 0.15) is 37.6 Å². The number of nitrogens with one attached hydrogen (secondary N) is 1. The van der Waals surface area contributed by atoms with E-state index in [0.29, 0.717) is 35.8 Å². The number of methoxy groups -OCH3 is 1. The molecule has 2 rings (SSSR count). The smallest absolute Gasteiger partial charge is 0.251 e. The van der Waals surface area contributed by atoms with Crippen LogP contribution in [-0.4, -0.2) is 61.5 Å². The second-order valence-corrected chi connectivity index (χ2v) is 8.73. The van der Waals surface area contributed by atoms with Gasteiger partial charge >= 0.3 is 0 Å². The van der Waals surface area contributed by atoms with Crippen molar-refractivity contribution in [2.45, 2.75) is 39.5 Å². The van der Waals surface area contributed by atoms with Crippen molar-refractivity contribution in [3.8, 4) is 5.75 Å². The Hall–Kier alpha value is -1.37. The first-order chi connectivity index (χ1) is 12.6. The Morgan fingerprint density at radius 2 is 2.15 bits per heavy atom. The molecule has 1 fully saturated rings. The number of amides is 1. The summed E-state index contributed by atoms with van der Waals surface area (Å²) in [7, 11) is 1.51. The minimum Gasteiger partial charge on any atom is -0.497 e. The van der Waals surface area contributed by atoms with Crippen molar-refractivity contribution in [3.05, 3.63) is 28.8 Å². The van der Waals surface area contributed by atoms with Crippen molar-refractivity contribution >= 4 is 17.5 Å². The number of ether oxygens (including phenoxy) is 1. The summed E-state index contributed by atoms with van der Waals surface area (Å²) in [4.78, 5) is 14.3. The van der Waals surface area contributed by atoms with Gasteiger partial charge in [0.1, 0.15) is 11.9 Å². The van der Waals surface area contributed by atoms with Gasteiger partial charge in [-0.1, -0.05) is 32.4 Å². The van der Waals surface area contributed by atoms with E-state index < -0.39 is 12.3 Å². The Balaban J connectivity index is 1.85. The van der Waals surface area contributed by atoms with Crippen LogP contribution in [0.15, 0.2) is 18.2 Å². The summed E-state index contributed by atoms with van der Waals surface area (Å²) in [5.41, 5.74) is 0.162. The van der Waals surface area contributed by atoms with E-state index in [1.165, 1.54) is 7.11 Å². The molecule has 1 aromatic carbocycles. The minimum absolute atomic E-state index is 0.228. The van der Waals surface area contributed by atoms with Crippen molar-refractivity contribution in [2.24, 2.45) is 11.3 Å². The van der Waals surface area contributed by atoms with Gasteiger partial charge in [-0.25, -0.2) is 4.39 Å². The average Bonchev–Trinajstić information content (AvgIpc) is 2.59. The molecule has 1 saturated heterocycles. The van der Waals surface area contributed by atoms with E-state index in [1.54, 1.807) is 18.2 Å². The Kier molecular flexibility index (Phi) is 7.48. The third-order valence-corrected chi connectivity index (χ3v) is 5.30. The first kappa shape index (κ1) is 21.9. The first-order valence-electron chi connectivity index (χ1n) is 9.27. The van der Waals surface area contributed by atoms with Crippen molar-refractivity contribution in [1.29, 1.82) is 0 Å². The normalized spacial score (nSPS) is 22.3. The zero-order valence-electron chi connectivity index (χ0n) is 16.5. The molecule has 1 aliphatic rings. The molecule has 0 bridgehead atoms. The number of aliphatic hydroxyl groups is 1. The third-order valence-electron chi connectivity index (χ3n) is 5.09. The van der Waals surface area contributed by atoms with E-state index >= 15 is 0 Å². The molecular weight excluding hydrogens is 371 g/mol. The molecule has 0 saturated carbocycles. The summed E-state index contributed by atoms with van der Waals surface area (Å²) in [5, 5.41) is 13.4. The van der Waals surface area contributed by atoms with E-state index in [9.17, 15) is 14.3 Å². The Morgan fingerprint density at radius 1 is 1.44 bits per heavy atom. The minimum atomic E-state index is -1.04. The number of hydrogen-bond donors (Lipinski definition) is 2. The zero-order valence-corrected chi connectivity index (χ0v) is 17.2. The average molecular weight is 401 g/mol. The number of likely N-dealkylation sites (tertiary alicyclic amines) is 1. The standard InChI is InChI=1S/C20H30ClFN2O3/c1-20(2,3)18(25)12-24-6-5-13(17(22)11-24)10-23-19(26)14-7-15(21)9-16(8-14)27-4/h7-9,13,17-18,25H,5-6,10-12H2,1-4H3,(H,23,26)/t13-,17-,18-/m1/s1. The highest BCUT2D eigenvalue weighted by Crippen LogP contribution is 2.25. The van der Waals surface area contributed by atoms with Crippen LogP contribution < -0.4 is 10.1 Å². The van der Waals surface area contributed by atoms with Crippen molar-refractivity contribution in [3.63, 3.8) is 0 Å². The fourth-order valence-corrected chi connectivity index (χ4v) is 3.29. The Bertz CT molecular complexity index is 651. The molecule has 1 aliphatic heterocycles. The topological polar surface area (TPSA) is 61.8 Å². The quantitative estimate of drug-likeness (QED) is 0.770. The lowest BCUT2D eigenvalue weighted by Crippen LogP contribution is -2.49. The molecule has 1 amide bonds. The molecule has 2 N–H and O–H groups in total. The van der Waals surface area contributed by atoms with Crippen LogP contribution in [0, 0.1) is 11.3 Å². The highest BCUT2D eigenvalue weighted by atomic mass is 35.5. The van der Waals surface area contributed by atoms with E-state index in [0.717, 1.165) is 0 Å². The Labute approximate surface area is 165 Å². The number of carbonyl (C=O) groups is 1. The van der Waals surface area contributed by atoms with Gasteiger partial charge in [0.05, 0.1) is 13.2 Å². The molecule has 0 spiro atoms. The van der Waals surface area contributed by atoms with E-state index in [4.69, 9.17) is 16.3 Å². The maximum atomic E-state index is 14.6. The molecule has 0 aromatic heterocycles. The van der Waals surface area contributed by atoms with Crippen molar-refractivity contribution in [2.75, 3.05) is 33.3 Å². The molecule has 3 atom stereocenters. The number of nitrogens with zero attached hydrogens (tertiary/aromatic N) is 1. The molecule has 1 heterocycles. The van der Waals surface area contributed by atoms with Gasteiger partial charge in [0.2, 0.25) is 0 Å². The van der Waals surface area contributed by atoms with Crippen LogP contribution in [0.2, 0.25) is 5.02 Å². The van der Waals surface area contributed by atoms with E-state index in [1.807, 2.05) is 25.7 Å². The third kappa shape index (κ3) is 6.33. The number of aliphatic hydroxyl groups excluding tert-OH is 1. The number of piperidine rings is 1. The fraction of sp³-hybridized carbons (Fsp3) is 0.650. The second kappa shape index (κ2) is 9.22. The molecule has 27 heavy (non-hydrogen) atoms. The van der Waals surface area contributed by atoms with E-state index in [2.05, 4.69) is 5.32 Å². The maximum absolute atomic E-state index is 14.6. The van der Waals surface area contributed by atoms with Gasteiger partial charge in [-0.3, -0.25) is 9.69 Å². The number of hydrogen-bond acceptors (Lipinski definition) is 4. The van der Waals surface area contributed by atoms with Crippen LogP contribution >= 0.6 is 11.6 Å². The molecular formula is C20H30ClFN2O3. The summed E-state index contributed by atoms with van der Waals surface area (Å²) < 4.78 is 19.7. The fourth-order valence-electron chi connectivity index (χ4n) is 3.07. The summed E-state index contributed by atoms with van der Waals surface area (Å²) >= 11 is 5.99. The number of alkyl halides is 1. The summed E-state index contributed by atoms with van der Waals surface area (Å²) in [6.07, 6.45) is -0.907. The molecule has 152 valence electrons. The van der Waals surface area contributed by atoms with Gasteiger partial charge in [-0.15, -0.1) is 0 Å². The van der Waals surface area contributed by atoms with Gasteiger partial charge in [-0.2, -0.15) is 0 Å². The summed E-state index contributed by atoms with van der Waals surface area (Å²) in [5.74, 6) is -0.0339. The Morgan fingerprint density at radius 3 is 2.74 bits per heavy atom. The molecule has 7 heteroatoms. The van der Waals surface area contributed by atoms with Gasteiger partial charge in [0.15, 0.2) is 0 Å². The largest absolute Gasteiger partial charge is 0.497 e. The van der Waals surface area contributed by atoms with Crippen molar-refractivity contribution < 1.29 is 19.0 Å². The number of rotatable bonds is 6. The molecule has 5 nitrogen and oxygen atoms in total. The number of β-amino-alcohol motifs (C(OH)–C–C–N with tert-alkyl or cyclic N) is 1. The number of benzene rings is 1. The SMILES string of the molecule is COc1cc(Cl)cc(C(=O)NC[C@H]2CCN(C[C@@H](O)C(C)(C)C)C[C@H]2F)c1. The molecule has 0 aliphatic carbocycles. The van der Waals surface area contributed by atoms with Crippen LogP contribution in [0.4, 0.5) is 4.39 Å². The van der Waals surface area contributed by atoms with Gasteiger partial charge in [0, 0.05) is 36.1 Å². The first-order valence-corrected chi connectivity index (χ1v) is 9.65. The number of halogens is 2. The van der Waals surface area contributed by atoms with Gasteiger partial charge in [0.25, 0.3) is 5.91 Å². The monoisotopic (exact) mass is 400 g/mol. The molecule has 0 radical (unpaired) electrons. The lowest BCUT2D eigenvalue weighted by Gasteiger charge is -2.38. The second-order valence-electron chi connectivity index (χ2n) is 8.30. The maximum Gasteiger partial charge on any atom is 0.251 e.